The first-order chi connectivity index (χ1) is 16.4. The Bertz CT molecular complexity index is 1450. The number of carbonyl (C=O) groups is 1. The highest BCUT2D eigenvalue weighted by Crippen LogP contribution is 2.45. The van der Waals surface area contributed by atoms with Gasteiger partial charge >= 0.3 is 11.6 Å². The van der Waals surface area contributed by atoms with Crippen molar-refractivity contribution in [2.45, 2.75) is 13.8 Å². The predicted octanol–water partition coefficient (Wildman–Crippen LogP) is 4.57. The van der Waals surface area contributed by atoms with Gasteiger partial charge in [-0.2, -0.15) is 0 Å². The molecule has 3 aromatic carbocycles. The highest BCUT2D eigenvalue weighted by atomic mass is 16.6. The molecular formula is C26H24O8. The van der Waals surface area contributed by atoms with Gasteiger partial charge in [-0.25, -0.2) is 9.59 Å². The standard InChI is InChI=1S/C26H24O8/c1-14-7-6-8-19(15(14)2)32-13-22(27)33-16-9-10-17-20(11-16)34-26(28)18-12-21(29-3)24(30-4)25(31-5)23(17)18/h6-12H,13H2,1-5H3. The Labute approximate surface area is 195 Å². The van der Waals surface area contributed by atoms with Crippen molar-refractivity contribution in [2.24, 2.45) is 0 Å². The minimum Gasteiger partial charge on any atom is -0.493 e. The van der Waals surface area contributed by atoms with Crippen LogP contribution in [0, 0.1) is 13.8 Å². The van der Waals surface area contributed by atoms with E-state index in [1.165, 1.54) is 27.4 Å². The van der Waals surface area contributed by atoms with E-state index >= 15 is 0 Å². The van der Waals surface area contributed by atoms with Crippen LogP contribution in [0.1, 0.15) is 11.1 Å². The van der Waals surface area contributed by atoms with Gasteiger partial charge < -0.3 is 28.1 Å². The molecule has 0 aliphatic heterocycles. The molecule has 8 nitrogen and oxygen atoms in total. The van der Waals surface area contributed by atoms with Crippen molar-refractivity contribution in [3.05, 3.63) is 64.0 Å². The molecule has 4 rings (SSSR count). The molecule has 0 saturated carbocycles. The monoisotopic (exact) mass is 464 g/mol. The van der Waals surface area contributed by atoms with Gasteiger partial charge in [-0.15, -0.1) is 0 Å². The Morgan fingerprint density at radius 1 is 0.882 bits per heavy atom. The molecule has 1 aromatic heterocycles. The van der Waals surface area contributed by atoms with Gasteiger partial charge in [0.25, 0.3) is 0 Å². The lowest BCUT2D eigenvalue weighted by atomic mass is 10.0. The van der Waals surface area contributed by atoms with Gasteiger partial charge in [-0.3, -0.25) is 0 Å². The number of benzene rings is 3. The fourth-order valence-electron chi connectivity index (χ4n) is 3.77. The lowest BCUT2D eigenvalue weighted by Crippen LogP contribution is -2.18. The number of fused-ring (bicyclic) bond motifs is 3. The van der Waals surface area contributed by atoms with E-state index < -0.39 is 11.6 Å². The van der Waals surface area contributed by atoms with Gasteiger partial charge in [0, 0.05) is 16.8 Å². The Kier molecular flexibility index (Phi) is 6.32. The van der Waals surface area contributed by atoms with Crippen LogP contribution in [0.25, 0.3) is 21.7 Å². The first-order valence-electron chi connectivity index (χ1n) is 10.5. The second-order valence-electron chi connectivity index (χ2n) is 7.58. The fourth-order valence-corrected chi connectivity index (χ4v) is 3.77. The molecule has 0 radical (unpaired) electrons. The zero-order valence-corrected chi connectivity index (χ0v) is 19.5. The van der Waals surface area contributed by atoms with Crippen LogP contribution < -0.4 is 29.3 Å². The molecule has 4 aromatic rings. The Balaban J connectivity index is 1.67. The summed E-state index contributed by atoms with van der Waals surface area (Å²) >= 11 is 0. The number of carbonyl (C=O) groups excluding carboxylic acids is 1. The third-order valence-electron chi connectivity index (χ3n) is 5.61. The molecule has 34 heavy (non-hydrogen) atoms. The SMILES string of the molecule is COc1cc2c(=O)oc3cc(OC(=O)COc4cccc(C)c4C)ccc3c2c(OC)c1OC. The summed E-state index contributed by atoms with van der Waals surface area (Å²) in [4.78, 5) is 25.1. The molecule has 0 bridgehead atoms. The first-order valence-corrected chi connectivity index (χ1v) is 10.5. The smallest absolute Gasteiger partial charge is 0.349 e. The average molecular weight is 464 g/mol. The molecule has 176 valence electrons. The van der Waals surface area contributed by atoms with E-state index in [1.54, 1.807) is 24.3 Å². The minimum absolute atomic E-state index is 0.212. The van der Waals surface area contributed by atoms with Crippen molar-refractivity contribution in [3.63, 3.8) is 0 Å². The molecule has 0 saturated heterocycles. The van der Waals surface area contributed by atoms with Gasteiger partial charge in [0.1, 0.15) is 17.1 Å². The molecule has 0 N–H and O–H groups in total. The topological polar surface area (TPSA) is 93.4 Å². The summed E-state index contributed by atoms with van der Waals surface area (Å²) in [6, 6.07) is 11.9. The summed E-state index contributed by atoms with van der Waals surface area (Å²) in [5, 5.41) is 1.36. The number of methoxy groups -OCH3 is 3. The van der Waals surface area contributed by atoms with Crippen LogP contribution >= 0.6 is 0 Å². The fraction of sp³-hybridized carbons (Fsp3) is 0.231. The zero-order chi connectivity index (χ0) is 24.4. The van der Waals surface area contributed by atoms with Crippen LogP contribution in [-0.2, 0) is 4.79 Å². The van der Waals surface area contributed by atoms with E-state index in [9.17, 15) is 9.59 Å². The predicted molar refractivity (Wildman–Crippen MR) is 127 cm³/mol. The molecule has 0 atom stereocenters. The summed E-state index contributed by atoms with van der Waals surface area (Å²) < 4.78 is 32.8. The molecule has 0 spiro atoms. The average Bonchev–Trinajstić information content (AvgIpc) is 2.83. The van der Waals surface area contributed by atoms with E-state index in [0.717, 1.165) is 11.1 Å². The van der Waals surface area contributed by atoms with Crippen LogP contribution in [0.4, 0.5) is 0 Å². The number of esters is 1. The second kappa shape index (κ2) is 9.35. The number of hydrogen-bond acceptors (Lipinski definition) is 8. The molecule has 8 heteroatoms. The number of aryl methyl sites for hydroxylation is 1. The van der Waals surface area contributed by atoms with E-state index in [-0.39, 0.29) is 23.3 Å². The molecular weight excluding hydrogens is 440 g/mol. The van der Waals surface area contributed by atoms with Crippen molar-refractivity contribution < 1.29 is 32.9 Å². The highest BCUT2D eigenvalue weighted by molar-refractivity contribution is 6.10. The Hall–Kier alpha value is -4.20. The zero-order valence-electron chi connectivity index (χ0n) is 19.5. The third kappa shape index (κ3) is 4.10. The first kappa shape index (κ1) is 23.0. The van der Waals surface area contributed by atoms with Gasteiger partial charge in [0.05, 0.1) is 26.7 Å². The van der Waals surface area contributed by atoms with Crippen LogP contribution in [0.2, 0.25) is 0 Å². The van der Waals surface area contributed by atoms with E-state index in [1.807, 2.05) is 26.0 Å². The highest BCUT2D eigenvalue weighted by Gasteiger charge is 2.21. The van der Waals surface area contributed by atoms with Crippen molar-refractivity contribution in [1.82, 2.24) is 0 Å². The van der Waals surface area contributed by atoms with Crippen LogP contribution in [0.3, 0.4) is 0 Å². The maximum atomic E-state index is 12.7. The quantitative estimate of drug-likeness (QED) is 0.170. The lowest BCUT2D eigenvalue weighted by molar-refractivity contribution is -0.136. The Morgan fingerprint density at radius 2 is 1.65 bits per heavy atom. The molecule has 0 fully saturated rings. The molecule has 1 heterocycles. The maximum absolute atomic E-state index is 12.7. The maximum Gasteiger partial charge on any atom is 0.349 e. The van der Waals surface area contributed by atoms with Crippen molar-refractivity contribution >= 4 is 27.7 Å². The number of hydrogen-bond donors (Lipinski definition) is 0. The van der Waals surface area contributed by atoms with Gasteiger partial charge in [-0.1, -0.05) is 12.1 Å². The summed E-state index contributed by atoms with van der Waals surface area (Å²) in [5.74, 6) is 1.26. The van der Waals surface area contributed by atoms with Crippen LogP contribution in [0.5, 0.6) is 28.7 Å². The molecule has 0 aliphatic rings. The van der Waals surface area contributed by atoms with Crippen molar-refractivity contribution in [3.8, 4) is 28.7 Å². The number of ether oxygens (including phenoxy) is 5. The van der Waals surface area contributed by atoms with E-state index in [2.05, 4.69) is 0 Å². The molecule has 0 aliphatic carbocycles. The molecule has 0 amide bonds. The van der Waals surface area contributed by atoms with Gasteiger partial charge in [0.15, 0.2) is 18.1 Å². The van der Waals surface area contributed by atoms with E-state index in [0.29, 0.717) is 33.8 Å². The summed E-state index contributed by atoms with van der Waals surface area (Å²) in [6.07, 6.45) is 0. The number of rotatable bonds is 7. The third-order valence-corrected chi connectivity index (χ3v) is 5.61. The Morgan fingerprint density at radius 3 is 2.35 bits per heavy atom. The van der Waals surface area contributed by atoms with Crippen LogP contribution in [0.15, 0.2) is 51.7 Å². The normalized spacial score (nSPS) is 10.9. The summed E-state index contributed by atoms with van der Waals surface area (Å²) in [5.41, 5.74) is 1.65. The van der Waals surface area contributed by atoms with Gasteiger partial charge in [-0.05, 0) is 49.2 Å². The van der Waals surface area contributed by atoms with Gasteiger partial charge in [0.2, 0.25) is 5.75 Å². The van der Waals surface area contributed by atoms with Crippen molar-refractivity contribution in [1.29, 1.82) is 0 Å². The summed E-state index contributed by atoms with van der Waals surface area (Å²) in [7, 11) is 4.43. The largest absolute Gasteiger partial charge is 0.493 e. The summed E-state index contributed by atoms with van der Waals surface area (Å²) in [6.45, 7) is 3.62. The minimum atomic E-state index is -0.594. The van der Waals surface area contributed by atoms with Crippen LogP contribution in [-0.4, -0.2) is 33.9 Å². The van der Waals surface area contributed by atoms with Crippen molar-refractivity contribution in [2.75, 3.05) is 27.9 Å². The second-order valence-corrected chi connectivity index (χ2v) is 7.58. The molecule has 0 unspecified atom stereocenters. The van der Waals surface area contributed by atoms with E-state index in [4.69, 9.17) is 28.1 Å². The lowest BCUT2D eigenvalue weighted by Gasteiger charge is -2.15.